The van der Waals surface area contributed by atoms with Gasteiger partial charge in [0.15, 0.2) is 0 Å². The molecule has 0 radical (unpaired) electrons. The Morgan fingerprint density at radius 3 is 2.53 bits per heavy atom. The van der Waals surface area contributed by atoms with Crippen LogP contribution in [0.1, 0.15) is 25.8 Å². The smallest absolute Gasteiger partial charge is 0.127 e. The van der Waals surface area contributed by atoms with Crippen LogP contribution in [-0.2, 0) is 5.41 Å². The van der Waals surface area contributed by atoms with Gasteiger partial charge in [-0.25, -0.2) is 4.39 Å². The molecule has 1 nitrogen and oxygen atoms in total. The largest absolute Gasteiger partial charge is 0.330 e. The number of rotatable bonds is 2. The standard InChI is InChI=1S/C12H15BrFN/c1-11(2)6-12(11,7-15)9-5-8(13)3-4-10(9)14/h3-5H,6-7,15H2,1-2H3. The zero-order valence-corrected chi connectivity index (χ0v) is 10.6. The minimum absolute atomic E-state index is 0.114. The highest BCUT2D eigenvalue weighted by Crippen LogP contribution is 2.64. The Labute approximate surface area is 98.0 Å². The molecule has 0 amide bonds. The first-order valence-electron chi connectivity index (χ1n) is 5.08. The maximum absolute atomic E-state index is 13.8. The molecule has 1 aliphatic carbocycles. The molecule has 1 aromatic carbocycles. The molecular formula is C12H15BrFN. The monoisotopic (exact) mass is 271 g/mol. The number of nitrogens with two attached hydrogens (primary N) is 1. The topological polar surface area (TPSA) is 26.0 Å². The van der Waals surface area contributed by atoms with Crippen LogP contribution in [-0.4, -0.2) is 6.54 Å². The van der Waals surface area contributed by atoms with Crippen molar-refractivity contribution >= 4 is 15.9 Å². The lowest BCUT2D eigenvalue weighted by Crippen LogP contribution is -2.26. The van der Waals surface area contributed by atoms with Crippen LogP contribution in [0.4, 0.5) is 4.39 Å². The van der Waals surface area contributed by atoms with Crippen LogP contribution in [0.3, 0.4) is 0 Å². The van der Waals surface area contributed by atoms with Gasteiger partial charge >= 0.3 is 0 Å². The molecule has 1 aliphatic rings. The molecule has 1 aromatic rings. The van der Waals surface area contributed by atoms with Crippen molar-refractivity contribution in [1.82, 2.24) is 0 Å². The van der Waals surface area contributed by atoms with E-state index in [0.717, 1.165) is 16.5 Å². The molecule has 2 rings (SSSR count). The van der Waals surface area contributed by atoms with Crippen LogP contribution in [0.2, 0.25) is 0 Å². The molecule has 1 saturated carbocycles. The number of benzene rings is 1. The Kier molecular flexibility index (Phi) is 2.43. The molecule has 0 aliphatic heterocycles. The molecule has 0 spiro atoms. The Balaban J connectivity index is 2.50. The third-order valence-electron chi connectivity index (χ3n) is 3.71. The lowest BCUT2D eigenvalue weighted by molar-refractivity contribution is 0.477. The average molecular weight is 272 g/mol. The first kappa shape index (κ1) is 11.1. The van der Waals surface area contributed by atoms with Gasteiger partial charge in [0.2, 0.25) is 0 Å². The first-order valence-corrected chi connectivity index (χ1v) is 5.88. The molecule has 2 N–H and O–H groups in total. The predicted molar refractivity (Wildman–Crippen MR) is 63.2 cm³/mol. The van der Waals surface area contributed by atoms with Crippen LogP contribution >= 0.6 is 15.9 Å². The van der Waals surface area contributed by atoms with Crippen LogP contribution in [0.15, 0.2) is 22.7 Å². The molecule has 1 atom stereocenters. The zero-order valence-electron chi connectivity index (χ0n) is 8.98. The van der Waals surface area contributed by atoms with Crippen molar-refractivity contribution in [3.05, 3.63) is 34.1 Å². The maximum Gasteiger partial charge on any atom is 0.127 e. The van der Waals surface area contributed by atoms with Crippen molar-refractivity contribution in [2.75, 3.05) is 6.54 Å². The Bertz CT molecular complexity index is 403. The fraction of sp³-hybridized carbons (Fsp3) is 0.500. The van der Waals surface area contributed by atoms with E-state index in [-0.39, 0.29) is 16.6 Å². The summed E-state index contributed by atoms with van der Waals surface area (Å²) in [5.74, 6) is -0.144. The van der Waals surface area contributed by atoms with Gasteiger partial charge in [0.05, 0.1) is 0 Å². The Morgan fingerprint density at radius 1 is 1.47 bits per heavy atom. The van der Waals surface area contributed by atoms with Gasteiger partial charge in [0.1, 0.15) is 5.82 Å². The minimum Gasteiger partial charge on any atom is -0.330 e. The lowest BCUT2D eigenvalue weighted by Gasteiger charge is -2.20. The summed E-state index contributed by atoms with van der Waals surface area (Å²) in [6.45, 7) is 4.79. The van der Waals surface area contributed by atoms with E-state index in [9.17, 15) is 4.39 Å². The van der Waals surface area contributed by atoms with Gasteiger partial charge < -0.3 is 5.73 Å². The highest BCUT2D eigenvalue weighted by Gasteiger charge is 2.61. The number of hydrogen-bond donors (Lipinski definition) is 1. The van der Waals surface area contributed by atoms with Crippen molar-refractivity contribution in [2.24, 2.45) is 11.1 Å². The molecule has 0 bridgehead atoms. The minimum atomic E-state index is -0.166. The third-order valence-corrected chi connectivity index (χ3v) is 4.20. The molecule has 1 unspecified atom stereocenters. The van der Waals surface area contributed by atoms with E-state index >= 15 is 0 Å². The van der Waals surface area contributed by atoms with Gasteiger partial charge in [-0.1, -0.05) is 29.8 Å². The Hall–Kier alpha value is -0.410. The third kappa shape index (κ3) is 1.53. The molecule has 0 saturated heterocycles. The highest BCUT2D eigenvalue weighted by atomic mass is 79.9. The van der Waals surface area contributed by atoms with Gasteiger partial charge in [-0.2, -0.15) is 0 Å². The fourth-order valence-corrected chi connectivity index (χ4v) is 2.85. The fourth-order valence-electron chi connectivity index (χ4n) is 2.49. The van der Waals surface area contributed by atoms with E-state index in [0.29, 0.717) is 6.54 Å². The number of halogens is 2. The van der Waals surface area contributed by atoms with E-state index < -0.39 is 0 Å². The second-order valence-electron chi connectivity index (χ2n) is 4.97. The van der Waals surface area contributed by atoms with Crippen molar-refractivity contribution in [3.8, 4) is 0 Å². The van der Waals surface area contributed by atoms with E-state index in [1.54, 1.807) is 6.07 Å². The van der Waals surface area contributed by atoms with E-state index in [1.165, 1.54) is 6.07 Å². The normalized spacial score (nSPS) is 27.8. The van der Waals surface area contributed by atoms with Crippen molar-refractivity contribution in [2.45, 2.75) is 25.7 Å². The molecule has 1 fully saturated rings. The molecule has 3 heteroatoms. The summed E-state index contributed by atoms with van der Waals surface area (Å²) >= 11 is 3.38. The van der Waals surface area contributed by atoms with Gasteiger partial charge in [0.25, 0.3) is 0 Å². The first-order chi connectivity index (χ1) is 6.93. The molecule has 0 heterocycles. The molecule has 82 valence electrons. The maximum atomic E-state index is 13.8. The molecule has 0 aromatic heterocycles. The average Bonchev–Trinajstić information content (AvgIpc) is 2.74. The molecule has 15 heavy (non-hydrogen) atoms. The van der Waals surface area contributed by atoms with E-state index in [2.05, 4.69) is 29.8 Å². The van der Waals surface area contributed by atoms with Crippen molar-refractivity contribution in [3.63, 3.8) is 0 Å². The summed E-state index contributed by atoms with van der Waals surface area (Å²) in [7, 11) is 0. The van der Waals surface area contributed by atoms with Gasteiger partial charge in [-0.05, 0) is 35.6 Å². The van der Waals surface area contributed by atoms with Crippen LogP contribution < -0.4 is 5.73 Å². The Morgan fingerprint density at radius 2 is 2.07 bits per heavy atom. The van der Waals surface area contributed by atoms with E-state index in [1.807, 2.05) is 6.07 Å². The summed E-state index contributed by atoms with van der Waals surface area (Å²) < 4.78 is 14.7. The van der Waals surface area contributed by atoms with Crippen molar-refractivity contribution < 1.29 is 4.39 Å². The van der Waals surface area contributed by atoms with E-state index in [4.69, 9.17) is 5.73 Å². The predicted octanol–water partition coefficient (Wildman–Crippen LogP) is 3.21. The summed E-state index contributed by atoms with van der Waals surface area (Å²) in [6, 6.07) is 5.08. The lowest BCUT2D eigenvalue weighted by atomic mass is 9.88. The summed E-state index contributed by atoms with van der Waals surface area (Å²) in [6.07, 6.45) is 0.962. The quantitative estimate of drug-likeness (QED) is 0.879. The SMILES string of the molecule is CC1(C)CC1(CN)c1cc(Br)ccc1F. The highest BCUT2D eigenvalue weighted by molar-refractivity contribution is 9.10. The summed E-state index contributed by atoms with van der Waals surface area (Å²) in [5, 5.41) is 0. The van der Waals surface area contributed by atoms with Gasteiger partial charge in [-0.15, -0.1) is 0 Å². The van der Waals surface area contributed by atoms with Gasteiger partial charge in [0, 0.05) is 16.4 Å². The second-order valence-corrected chi connectivity index (χ2v) is 5.89. The van der Waals surface area contributed by atoms with Gasteiger partial charge in [-0.3, -0.25) is 0 Å². The van der Waals surface area contributed by atoms with Crippen LogP contribution in [0.25, 0.3) is 0 Å². The second kappa shape index (κ2) is 3.29. The van der Waals surface area contributed by atoms with Crippen LogP contribution in [0.5, 0.6) is 0 Å². The summed E-state index contributed by atoms with van der Waals surface area (Å²) in [4.78, 5) is 0. The summed E-state index contributed by atoms with van der Waals surface area (Å²) in [5.41, 5.74) is 6.52. The molecular weight excluding hydrogens is 257 g/mol. The van der Waals surface area contributed by atoms with Crippen LogP contribution in [0, 0.1) is 11.2 Å². The van der Waals surface area contributed by atoms with Crippen molar-refractivity contribution in [1.29, 1.82) is 0 Å². The zero-order chi connectivity index (χ0) is 11.3. The number of hydrogen-bond acceptors (Lipinski definition) is 1.